The Morgan fingerprint density at radius 1 is 1.11 bits per heavy atom. The van der Waals surface area contributed by atoms with E-state index in [1.54, 1.807) is 0 Å². The molecule has 0 atom stereocenters. The number of rotatable bonds is 8. The van der Waals surface area contributed by atoms with Crippen molar-refractivity contribution in [3.8, 4) is 0 Å². The molecule has 18 heavy (non-hydrogen) atoms. The van der Waals surface area contributed by atoms with Gasteiger partial charge in [-0.1, -0.05) is 38.1 Å². The zero-order valence-electron chi connectivity index (χ0n) is 12.4. The number of benzene rings is 1. The molecule has 1 rings (SSSR count). The molecule has 0 heterocycles. The monoisotopic (exact) mass is 248 g/mol. The van der Waals surface area contributed by atoms with Crippen molar-refractivity contribution in [2.75, 3.05) is 13.1 Å². The molecule has 0 radical (unpaired) electrons. The molecule has 1 aromatic carbocycles. The minimum atomic E-state index is 0.608. The van der Waals surface area contributed by atoms with Crippen LogP contribution in [0.1, 0.15) is 45.2 Å². The van der Waals surface area contributed by atoms with E-state index in [-0.39, 0.29) is 0 Å². The van der Waals surface area contributed by atoms with Gasteiger partial charge in [-0.2, -0.15) is 0 Å². The quantitative estimate of drug-likeness (QED) is 0.758. The van der Waals surface area contributed by atoms with Crippen molar-refractivity contribution in [1.82, 2.24) is 10.2 Å². The van der Waals surface area contributed by atoms with Gasteiger partial charge in [0.05, 0.1) is 0 Å². The summed E-state index contributed by atoms with van der Waals surface area (Å²) in [7, 11) is 0. The third-order valence-corrected chi connectivity index (χ3v) is 3.30. The van der Waals surface area contributed by atoms with Crippen LogP contribution in [-0.2, 0) is 13.1 Å². The van der Waals surface area contributed by atoms with E-state index in [1.165, 1.54) is 24.1 Å². The molecule has 0 unspecified atom stereocenters. The number of nitrogens with zero attached hydrogens (tertiary/aromatic N) is 1. The van der Waals surface area contributed by atoms with Crippen LogP contribution in [0.5, 0.6) is 0 Å². The molecule has 0 aliphatic heterocycles. The smallest absolute Gasteiger partial charge is 0.0239 e. The summed E-state index contributed by atoms with van der Waals surface area (Å²) in [5.74, 6) is 0. The second-order valence-corrected chi connectivity index (χ2v) is 5.11. The third kappa shape index (κ3) is 4.79. The minimum Gasteiger partial charge on any atom is -0.313 e. The Kier molecular flexibility index (Phi) is 6.99. The fraction of sp³-hybridized carbons (Fsp3) is 0.625. The summed E-state index contributed by atoms with van der Waals surface area (Å²) < 4.78 is 0. The summed E-state index contributed by atoms with van der Waals surface area (Å²) in [6.45, 7) is 13.2. The van der Waals surface area contributed by atoms with Crippen LogP contribution in [0.15, 0.2) is 24.3 Å². The van der Waals surface area contributed by atoms with Gasteiger partial charge in [0.15, 0.2) is 0 Å². The third-order valence-electron chi connectivity index (χ3n) is 3.30. The second-order valence-electron chi connectivity index (χ2n) is 5.11. The van der Waals surface area contributed by atoms with Crippen molar-refractivity contribution in [1.29, 1.82) is 0 Å². The summed E-state index contributed by atoms with van der Waals surface area (Å²) in [6, 6.07) is 9.39. The molecule has 0 aliphatic rings. The Morgan fingerprint density at radius 2 is 1.78 bits per heavy atom. The molecule has 0 fully saturated rings. The number of nitrogens with one attached hydrogen (secondary N) is 1. The maximum atomic E-state index is 3.42. The van der Waals surface area contributed by atoms with E-state index in [0.29, 0.717) is 6.04 Å². The lowest BCUT2D eigenvalue weighted by Crippen LogP contribution is -2.31. The van der Waals surface area contributed by atoms with Gasteiger partial charge in [0.1, 0.15) is 0 Å². The molecule has 0 aromatic heterocycles. The molecule has 0 aliphatic carbocycles. The van der Waals surface area contributed by atoms with Crippen LogP contribution in [0.2, 0.25) is 0 Å². The summed E-state index contributed by atoms with van der Waals surface area (Å²) in [5.41, 5.74) is 2.89. The molecule has 1 N–H and O–H groups in total. The van der Waals surface area contributed by atoms with Gasteiger partial charge in [-0.3, -0.25) is 4.90 Å². The molecule has 0 spiro atoms. The van der Waals surface area contributed by atoms with Crippen LogP contribution in [0.25, 0.3) is 0 Å². The first kappa shape index (κ1) is 15.2. The van der Waals surface area contributed by atoms with E-state index < -0.39 is 0 Å². The van der Waals surface area contributed by atoms with Gasteiger partial charge in [-0.15, -0.1) is 0 Å². The minimum absolute atomic E-state index is 0.608. The average Bonchev–Trinajstić information content (AvgIpc) is 2.37. The largest absolute Gasteiger partial charge is 0.313 e. The Morgan fingerprint density at radius 3 is 2.33 bits per heavy atom. The highest BCUT2D eigenvalue weighted by Crippen LogP contribution is 2.14. The normalized spacial score (nSPS) is 11.4. The van der Waals surface area contributed by atoms with Crippen LogP contribution >= 0.6 is 0 Å². The standard InChI is InChI=1S/C16H28N2/c1-5-11-18(14(3)4)13-16-10-8-7-9-15(16)12-17-6-2/h7-10,14,17H,5-6,11-13H2,1-4H3. The molecule has 102 valence electrons. The van der Waals surface area contributed by atoms with Gasteiger partial charge in [-0.25, -0.2) is 0 Å². The van der Waals surface area contributed by atoms with Crippen LogP contribution in [-0.4, -0.2) is 24.0 Å². The van der Waals surface area contributed by atoms with Crippen molar-refractivity contribution in [3.63, 3.8) is 0 Å². The first-order valence-corrected chi connectivity index (χ1v) is 7.20. The van der Waals surface area contributed by atoms with E-state index in [4.69, 9.17) is 0 Å². The van der Waals surface area contributed by atoms with E-state index >= 15 is 0 Å². The summed E-state index contributed by atoms with van der Waals surface area (Å²) in [6.07, 6.45) is 1.22. The SMILES string of the molecule is CCCN(Cc1ccccc1CNCC)C(C)C. The van der Waals surface area contributed by atoms with Crippen LogP contribution in [0.3, 0.4) is 0 Å². The van der Waals surface area contributed by atoms with Crippen LogP contribution in [0.4, 0.5) is 0 Å². The fourth-order valence-electron chi connectivity index (χ4n) is 2.17. The summed E-state index contributed by atoms with van der Waals surface area (Å²) in [4.78, 5) is 2.55. The predicted molar refractivity (Wildman–Crippen MR) is 79.7 cm³/mol. The van der Waals surface area contributed by atoms with Crippen molar-refractivity contribution < 1.29 is 0 Å². The first-order valence-electron chi connectivity index (χ1n) is 7.20. The van der Waals surface area contributed by atoms with Crippen LogP contribution in [0, 0.1) is 0 Å². The highest BCUT2D eigenvalue weighted by atomic mass is 15.1. The Hall–Kier alpha value is -0.860. The molecule has 2 heteroatoms. The molecule has 0 amide bonds. The van der Waals surface area contributed by atoms with Crippen molar-refractivity contribution in [3.05, 3.63) is 35.4 Å². The van der Waals surface area contributed by atoms with Gasteiger partial charge in [0, 0.05) is 19.1 Å². The maximum Gasteiger partial charge on any atom is 0.0239 e. The van der Waals surface area contributed by atoms with E-state index in [2.05, 4.69) is 62.2 Å². The predicted octanol–water partition coefficient (Wildman–Crippen LogP) is 3.42. The Bertz CT molecular complexity index is 334. The highest BCUT2D eigenvalue weighted by Gasteiger charge is 2.11. The lowest BCUT2D eigenvalue weighted by molar-refractivity contribution is 0.212. The topological polar surface area (TPSA) is 15.3 Å². The van der Waals surface area contributed by atoms with E-state index in [9.17, 15) is 0 Å². The molecule has 0 saturated heterocycles. The van der Waals surface area contributed by atoms with E-state index in [1.807, 2.05) is 0 Å². The molecule has 1 aromatic rings. The number of hydrogen-bond acceptors (Lipinski definition) is 2. The van der Waals surface area contributed by atoms with Crippen molar-refractivity contribution >= 4 is 0 Å². The van der Waals surface area contributed by atoms with Crippen molar-refractivity contribution in [2.45, 2.75) is 53.2 Å². The van der Waals surface area contributed by atoms with Gasteiger partial charge >= 0.3 is 0 Å². The van der Waals surface area contributed by atoms with E-state index in [0.717, 1.165) is 19.6 Å². The zero-order valence-corrected chi connectivity index (χ0v) is 12.4. The average molecular weight is 248 g/mol. The molecule has 0 saturated carbocycles. The van der Waals surface area contributed by atoms with Gasteiger partial charge in [0.2, 0.25) is 0 Å². The van der Waals surface area contributed by atoms with Crippen molar-refractivity contribution in [2.24, 2.45) is 0 Å². The number of hydrogen-bond donors (Lipinski definition) is 1. The van der Waals surface area contributed by atoms with Crippen LogP contribution < -0.4 is 5.32 Å². The van der Waals surface area contributed by atoms with Gasteiger partial charge in [0.25, 0.3) is 0 Å². The fourth-order valence-corrected chi connectivity index (χ4v) is 2.17. The van der Waals surface area contributed by atoms with Gasteiger partial charge in [-0.05, 0) is 44.5 Å². The Labute approximate surface area is 112 Å². The summed E-state index contributed by atoms with van der Waals surface area (Å²) in [5, 5.41) is 3.42. The molecular weight excluding hydrogens is 220 g/mol. The second kappa shape index (κ2) is 8.28. The highest BCUT2D eigenvalue weighted by molar-refractivity contribution is 5.27. The van der Waals surface area contributed by atoms with Gasteiger partial charge < -0.3 is 5.32 Å². The molecular formula is C16H28N2. The maximum absolute atomic E-state index is 3.42. The first-order chi connectivity index (χ1) is 8.69. The Balaban J connectivity index is 2.74. The summed E-state index contributed by atoms with van der Waals surface area (Å²) >= 11 is 0. The lowest BCUT2D eigenvalue weighted by Gasteiger charge is -2.27. The lowest BCUT2D eigenvalue weighted by atomic mass is 10.1. The molecule has 2 nitrogen and oxygen atoms in total. The zero-order chi connectivity index (χ0) is 13.4. The molecule has 0 bridgehead atoms.